The molecule has 0 bridgehead atoms. The van der Waals surface area contributed by atoms with Crippen LogP contribution in [0.25, 0.3) is 0 Å². The van der Waals surface area contributed by atoms with Gasteiger partial charge in [0.25, 0.3) is 11.6 Å². The lowest BCUT2D eigenvalue weighted by Gasteiger charge is -2.11. The number of rotatable bonds is 7. The maximum Gasteiger partial charge on any atom is 0.292 e. The molecule has 0 fully saturated rings. The van der Waals surface area contributed by atoms with Gasteiger partial charge < -0.3 is 11.1 Å². The first kappa shape index (κ1) is 20.3. The molecule has 2 rings (SSSR count). The second-order valence-corrected chi connectivity index (χ2v) is 7.69. The molecular weight excluding hydrogens is 372 g/mol. The molecule has 0 atom stereocenters. The fourth-order valence-corrected chi connectivity index (χ4v) is 3.74. The van der Waals surface area contributed by atoms with E-state index >= 15 is 0 Å². The SMILES string of the molecule is Cc1ccc(C)c(S(=O)(=O)NCCNC(=O)c2ccc(N)c([N+](=O)[O-])c2)c1. The lowest BCUT2D eigenvalue weighted by Crippen LogP contribution is -2.35. The van der Waals surface area contributed by atoms with Gasteiger partial charge in [-0.3, -0.25) is 14.9 Å². The van der Waals surface area contributed by atoms with Crippen molar-refractivity contribution in [2.24, 2.45) is 0 Å². The minimum absolute atomic E-state index is 0.0150. The van der Waals surface area contributed by atoms with Gasteiger partial charge in [0.2, 0.25) is 10.0 Å². The number of benzene rings is 2. The Morgan fingerprint density at radius 1 is 1.15 bits per heavy atom. The molecule has 0 saturated heterocycles. The van der Waals surface area contributed by atoms with Crippen molar-refractivity contribution in [1.82, 2.24) is 10.0 Å². The Balaban J connectivity index is 1.96. The fourth-order valence-electron chi connectivity index (χ4n) is 2.38. The zero-order chi connectivity index (χ0) is 20.2. The summed E-state index contributed by atoms with van der Waals surface area (Å²) in [5.74, 6) is -0.566. The fraction of sp³-hybridized carbons (Fsp3) is 0.235. The summed E-state index contributed by atoms with van der Waals surface area (Å²) in [5.41, 5.74) is 6.58. The third-order valence-electron chi connectivity index (χ3n) is 3.83. The summed E-state index contributed by atoms with van der Waals surface area (Å²) in [6.45, 7) is 3.48. The van der Waals surface area contributed by atoms with E-state index in [1.165, 1.54) is 12.1 Å². The van der Waals surface area contributed by atoms with Crippen molar-refractivity contribution in [1.29, 1.82) is 0 Å². The van der Waals surface area contributed by atoms with Gasteiger partial charge in [0.15, 0.2) is 0 Å². The van der Waals surface area contributed by atoms with E-state index in [1.807, 2.05) is 6.07 Å². The van der Waals surface area contributed by atoms with Crippen LogP contribution in [0.15, 0.2) is 41.3 Å². The molecular formula is C17H20N4O5S. The van der Waals surface area contributed by atoms with Crippen molar-refractivity contribution in [3.63, 3.8) is 0 Å². The second-order valence-electron chi connectivity index (χ2n) is 5.95. The van der Waals surface area contributed by atoms with Crippen molar-refractivity contribution in [3.8, 4) is 0 Å². The second kappa shape index (κ2) is 8.14. The van der Waals surface area contributed by atoms with Crippen molar-refractivity contribution < 1.29 is 18.1 Å². The summed E-state index contributed by atoms with van der Waals surface area (Å²) in [7, 11) is -3.71. The number of anilines is 1. The highest BCUT2D eigenvalue weighted by Gasteiger charge is 2.18. The number of aryl methyl sites for hydroxylation is 2. The van der Waals surface area contributed by atoms with Gasteiger partial charge in [-0.15, -0.1) is 0 Å². The molecule has 10 heteroatoms. The lowest BCUT2D eigenvalue weighted by molar-refractivity contribution is -0.383. The molecule has 0 spiro atoms. The van der Waals surface area contributed by atoms with Crippen LogP contribution in [-0.2, 0) is 10.0 Å². The maximum atomic E-state index is 12.4. The number of amides is 1. The number of nitrogens with one attached hydrogen (secondary N) is 2. The monoisotopic (exact) mass is 392 g/mol. The smallest absolute Gasteiger partial charge is 0.292 e. The van der Waals surface area contributed by atoms with Gasteiger partial charge in [-0.1, -0.05) is 12.1 Å². The van der Waals surface area contributed by atoms with Crippen LogP contribution in [0.3, 0.4) is 0 Å². The highest BCUT2D eigenvalue weighted by atomic mass is 32.2. The van der Waals surface area contributed by atoms with E-state index in [0.29, 0.717) is 5.56 Å². The number of hydrogen-bond donors (Lipinski definition) is 3. The molecule has 2 aromatic carbocycles. The quantitative estimate of drug-likeness (QED) is 0.282. The van der Waals surface area contributed by atoms with Crippen LogP contribution in [0.4, 0.5) is 11.4 Å². The van der Waals surface area contributed by atoms with Crippen LogP contribution in [-0.4, -0.2) is 32.3 Å². The highest BCUT2D eigenvalue weighted by molar-refractivity contribution is 7.89. The standard InChI is InChI=1S/C17H20N4O5S/c1-11-3-4-12(2)16(9-11)27(25,26)20-8-7-19-17(22)13-5-6-14(18)15(10-13)21(23)24/h3-6,9-10,20H,7-8,18H2,1-2H3,(H,19,22). The molecule has 0 saturated carbocycles. The Hall–Kier alpha value is -2.98. The van der Waals surface area contributed by atoms with Gasteiger partial charge in [0.1, 0.15) is 5.69 Å². The number of nitrogen functional groups attached to an aromatic ring is 1. The predicted molar refractivity (Wildman–Crippen MR) is 101 cm³/mol. The third kappa shape index (κ3) is 5.02. The zero-order valence-electron chi connectivity index (χ0n) is 14.9. The number of nitro benzene ring substituents is 1. The van der Waals surface area contributed by atoms with Gasteiger partial charge in [0.05, 0.1) is 9.82 Å². The molecule has 0 unspecified atom stereocenters. The minimum Gasteiger partial charge on any atom is -0.393 e. The number of carbonyl (C=O) groups is 1. The van der Waals surface area contributed by atoms with Crippen molar-refractivity contribution in [2.75, 3.05) is 18.8 Å². The number of hydrogen-bond acceptors (Lipinski definition) is 6. The van der Waals surface area contributed by atoms with E-state index in [2.05, 4.69) is 10.0 Å². The van der Waals surface area contributed by atoms with E-state index in [1.54, 1.807) is 26.0 Å². The van der Waals surface area contributed by atoms with E-state index in [0.717, 1.165) is 11.6 Å². The summed E-state index contributed by atoms with van der Waals surface area (Å²) in [6.07, 6.45) is 0. The van der Waals surface area contributed by atoms with Gasteiger partial charge >= 0.3 is 0 Å². The topological polar surface area (TPSA) is 144 Å². The zero-order valence-corrected chi connectivity index (χ0v) is 15.7. The van der Waals surface area contributed by atoms with Crippen LogP contribution >= 0.6 is 0 Å². The summed E-state index contributed by atoms with van der Waals surface area (Å²) in [6, 6.07) is 8.82. The summed E-state index contributed by atoms with van der Waals surface area (Å²) in [4.78, 5) is 22.5. The highest BCUT2D eigenvalue weighted by Crippen LogP contribution is 2.22. The molecule has 0 heterocycles. The predicted octanol–water partition coefficient (Wildman–Crippen LogP) is 1.50. The molecule has 0 aliphatic rings. The van der Waals surface area contributed by atoms with E-state index in [-0.39, 0.29) is 34.9 Å². The lowest BCUT2D eigenvalue weighted by atomic mass is 10.1. The normalized spacial score (nSPS) is 11.2. The third-order valence-corrected chi connectivity index (χ3v) is 5.43. The Labute approximate surface area is 156 Å². The Bertz CT molecular complexity index is 989. The molecule has 0 aliphatic carbocycles. The van der Waals surface area contributed by atoms with Crippen molar-refractivity contribution >= 4 is 27.3 Å². The van der Waals surface area contributed by atoms with Crippen molar-refractivity contribution in [2.45, 2.75) is 18.7 Å². The molecule has 0 aromatic heterocycles. The summed E-state index contributed by atoms with van der Waals surface area (Å²) in [5, 5.41) is 13.4. The van der Waals surface area contributed by atoms with E-state index in [4.69, 9.17) is 5.73 Å². The Morgan fingerprint density at radius 3 is 2.52 bits per heavy atom. The number of nitrogens with zero attached hydrogens (tertiary/aromatic N) is 1. The molecule has 0 radical (unpaired) electrons. The molecule has 27 heavy (non-hydrogen) atoms. The number of nitrogens with two attached hydrogens (primary N) is 1. The van der Waals surface area contributed by atoms with Gasteiger partial charge in [0, 0.05) is 24.7 Å². The van der Waals surface area contributed by atoms with Gasteiger partial charge in [-0.05, 0) is 43.2 Å². The van der Waals surface area contributed by atoms with Crippen LogP contribution < -0.4 is 15.8 Å². The first-order chi connectivity index (χ1) is 12.6. The molecule has 4 N–H and O–H groups in total. The molecule has 2 aromatic rings. The molecule has 144 valence electrons. The number of nitro groups is 1. The summed E-state index contributed by atoms with van der Waals surface area (Å²) < 4.78 is 27.1. The van der Waals surface area contributed by atoms with Crippen LogP contribution in [0.1, 0.15) is 21.5 Å². The first-order valence-electron chi connectivity index (χ1n) is 8.01. The first-order valence-corrected chi connectivity index (χ1v) is 9.49. The number of carbonyl (C=O) groups excluding carboxylic acids is 1. The van der Waals surface area contributed by atoms with Gasteiger partial charge in [-0.2, -0.15) is 0 Å². The molecule has 1 amide bonds. The van der Waals surface area contributed by atoms with Gasteiger partial charge in [-0.25, -0.2) is 13.1 Å². The van der Waals surface area contributed by atoms with Crippen molar-refractivity contribution in [3.05, 3.63) is 63.2 Å². The molecule has 9 nitrogen and oxygen atoms in total. The largest absolute Gasteiger partial charge is 0.393 e. The van der Waals surface area contributed by atoms with Crippen LogP contribution in [0, 0.1) is 24.0 Å². The van der Waals surface area contributed by atoms with E-state index in [9.17, 15) is 23.3 Å². The van der Waals surface area contributed by atoms with Crippen LogP contribution in [0.5, 0.6) is 0 Å². The number of sulfonamides is 1. The maximum absolute atomic E-state index is 12.4. The summed E-state index contributed by atoms with van der Waals surface area (Å²) >= 11 is 0. The minimum atomic E-state index is -3.71. The van der Waals surface area contributed by atoms with E-state index < -0.39 is 20.9 Å². The Morgan fingerprint density at radius 2 is 1.85 bits per heavy atom. The average Bonchev–Trinajstić information content (AvgIpc) is 2.60. The van der Waals surface area contributed by atoms with Crippen LogP contribution in [0.2, 0.25) is 0 Å². The Kier molecular flexibility index (Phi) is 6.13. The average molecular weight is 392 g/mol. The molecule has 0 aliphatic heterocycles.